The molecule has 35 heavy (non-hydrogen) atoms. The van der Waals surface area contributed by atoms with Gasteiger partial charge in [-0.2, -0.15) is 0 Å². The topological polar surface area (TPSA) is 86.8 Å². The highest BCUT2D eigenvalue weighted by Gasteiger charge is 2.30. The lowest BCUT2D eigenvalue weighted by Crippen LogP contribution is -2.49. The van der Waals surface area contributed by atoms with Crippen LogP contribution in [0.4, 0.5) is 10.1 Å². The van der Waals surface area contributed by atoms with Crippen LogP contribution in [0.2, 0.25) is 10.0 Å². The molecule has 1 atom stereocenters. The molecule has 2 aromatic carbocycles. The van der Waals surface area contributed by atoms with E-state index in [9.17, 15) is 22.4 Å². The molecule has 0 fully saturated rings. The highest BCUT2D eigenvalue weighted by molar-refractivity contribution is 7.92. The summed E-state index contributed by atoms with van der Waals surface area (Å²) in [7, 11) is -3.79. The number of carbonyl (C=O) groups is 2. The predicted molar refractivity (Wildman–Crippen MR) is 138 cm³/mol. The highest BCUT2D eigenvalue weighted by Crippen LogP contribution is 2.28. The molecular weight excluding hydrogens is 516 g/mol. The summed E-state index contributed by atoms with van der Waals surface area (Å²) < 4.78 is 39.8. The summed E-state index contributed by atoms with van der Waals surface area (Å²) in [4.78, 5) is 27.5. The molecule has 1 N–H and O–H groups in total. The van der Waals surface area contributed by atoms with Crippen LogP contribution in [0.1, 0.15) is 38.7 Å². The quantitative estimate of drug-likeness (QED) is 0.421. The number of nitrogens with one attached hydrogen (secondary N) is 1. The third-order valence-corrected chi connectivity index (χ3v) is 7.29. The highest BCUT2D eigenvalue weighted by atomic mass is 35.5. The molecule has 0 aliphatic heterocycles. The minimum Gasteiger partial charge on any atom is -0.355 e. The summed E-state index contributed by atoms with van der Waals surface area (Å²) in [5.41, 5.74) is 0.423. The monoisotopic (exact) mass is 545 g/mol. The molecular formula is C24H30Cl2FN3O4S. The van der Waals surface area contributed by atoms with Crippen LogP contribution in [-0.4, -0.2) is 50.5 Å². The first kappa shape index (κ1) is 28.9. The Kier molecular flexibility index (Phi) is 10.8. The Morgan fingerprint density at radius 3 is 2.23 bits per heavy atom. The van der Waals surface area contributed by atoms with Crippen molar-refractivity contribution in [3.05, 3.63) is 63.9 Å². The average molecular weight is 546 g/mol. The first-order chi connectivity index (χ1) is 16.5. The maximum atomic E-state index is 14.3. The summed E-state index contributed by atoms with van der Waals surface area (Å²) in [6.45, 7) is 3.87. The molecule has 0 saturated carbocycles. The number of halogens is 3. The molecule has 0 aliphatic rings. The van der Waals surface area contributed by atoms with Gasteiger partial charge in [-0.3, -0.25) is 13.9 Å². The molecule has 7 nitrogen and oxygen atoms in total. The van der Waals surface area contributed by atoms with Crippen LogP contribution in [-0.2, 0) is 26.2 Å². The molecule has 0 aliphatic carbocycles. The molecule has 2 rings (SSSR count). The van der Waals surface area contributed by atoms with Gasteiger partial charge in [0.25, 0.3) is 0 Å². The zero-order valence-electron chi connectivity index (χ0n) is 19.9. The largest absolute Gasteiger partial charge is 0.355 e. The normalized spacial score (nSPS) is 12.2. The third-order valence-electron chi connectivity index (χ3n) is 5.40. The Balaban J connectivity index is 2.27. The minimum atomic E-state index is -3.79. The van der Waals surface area contributed by atoms with Gasteiger partial charge >= 0.3 is 0 Å². The smallest absolute Gasteiger partial charge is 0.242 e. The van der Waals surface area contributed by atoms with E-state index in [0.29, 0.717) is 28.6 Å². The van der Waals surface area contributed by atoms with Gasteiger partial charge in [0.1, 0.15) is 11.9 Å². The number of hydrogen-bond donors (Lipinski definition) is 1. The predicted octanol–water partition coefficient (Wildman–Crippen LogP) is 4.62. The van der Waals surface area contributed by atoms with Crippen LogP contribution in [0.5, 0.6) is 0 Å². The maximum Gasteiger partial charge on any atom is 0.242 e. The SMILES string of the molecule is CCNC(=O)C(CC)N(Cc1c(Cl)cccc1Cl)C(=O)CCCN(c1ccccc1F)S(C)(=O)=O. The van der Waals surface area contributed by atoms with Gasteiger partial charge in [0, 0.05) is 41.7 Å². The number of amides is 2. The minimum absolute atomic E-state index is 0.0100. The second-order valence-corrected chi connectivity index (χ2v) is 10.7. The lowest BCUT2D eigenvalue weighted by atomic mass is 10.1. The van der Waals surface area contributed by atoms with Crippen molar-refractivity contribution in [2.24, 2.45) is 0 Å². The van der Waals surface area contributed by atoms with Crippen LogP contribution < -0.4 is 9.62 Å². The Morgan fingerprint density at radius 1 is 1.06 bits per heavy atom. The van der Waals surface area contributed by atoms with Crippen LogP contribution in [0.25, 0.3) is 0 Å². The Bertz CT molecular complexity index is 1130. The zero-order valence-corrected chi connectivity index (χ0v) is 22.3. The number of rotatable bonds is 12. The van der Waals surface area contributed by atoms with Gasteiger partial charge in [0.2, 0.25) is 21.8 Å². The van der Waals surface area contributed by atoms with Crippen molar-refractivity contribution >= 4 is 50.7 Å². The number of sulfonamides is 1. The third kappa shape index (κ3) is 7.81. The van der Waals surface area contributed by atoms with Gasteiger partial charge in [-0.1, -0.05) is 48.3 Å². The summed E-state index contributed by atoms with van der Waals surface area (Å²) in [5, 5.41) is 3.47. The van der Waals surface area contributed by atoms with E-state index < -0.39 is 21.9 Å². The molecule has 0 aromatic heterocycles. The van der Waals surface area contributed by atoms with Crippen LogP contribution >= 0.6 is 23.2 Å². The molecule has 11 heteroatoms. The average Bonchev–Trinajstić information content (AvgIpc) is 2.78. The van der Waals surface area contributed by atoms with Crippen molar-refractivity contribution in [1.29, 1.82) is 0 Å². The van der Waals surface area contributed by atoms with Gasteiger partial charge in [-0.05, 0) is 44.0 Å². The number of nitrogens with zero attached hydrogens (tertiary/aromatic N) is 2. The Morgan fingerprint density at radius 2 is 1.69 bits per heavy atom. The number of benzene rings is 2. The zero-order chi connectivity index (χ0) is 26.2. The molecule has 0 heterocycles. The molecule has 2 aromatic rings. The Labute approximate surface area is 216 Å². The number of anilines is 1. The van der Waals surface area contributed by atoms with E-state index in [-0.39, 0.29) is 43.4 Å². The molecule has 0 saturated heterocycles. The lowest BCUT2D eigenvalue weighted by Gasteiger charge is -2.31. The van der Waals surface area contributed by atoms with Gasteiger partial charge in [0.15, 0.2) is 0 Å². The second-order valence-electron chi connectivity index (χ2n) is 7.93. The Hall–Kier alpha value is -2.36. The van der Waals surface area contributed by atoms with E-state index in [1.165, 1.54) is 29.2 Å². The van der Waals surface area contributed by atoms with E-state index in [4.69, 9.17) is 23.2 Å². The van der Waals surface area contributed by atoms with Crippen molar-refractivity contribution in [2.75, 3.05) is 23.7 Å². The fraction of sp³-hybridized carbons (Fsp3) is 0.417. The molecule has 192 valence electrons. The molecule has 1 unspecified atom stereocenters. The second kappa shape index (κ2) is 13.1. The van der Waals surface area contributed by atoms with Crippen molar-refractivity contribution < 1.29 is 22.4 Å². The van der Waals surface area contributed by atoms with Gasteiger partial charge in [-0.15, -0.1) is 0 Å². The summed E-state index contributed by atoms with van der Waals surface area (Å²) in [5.74, 6) is -1.36. The maximum absolute atomic E-state index is 14.3. The number of para-hydroxylation sites is 1. The molecule has 0 bridgehead atoms. The molecule has 0 spiro atoms. The van der Waals surface area contributed by atoms with Crippen molar-refractivity contribution in [3.63, 3.8) is 0 Å². The van der Waals surface area contributed by atoms with Crippen LogP contribution in [0.15, 0.2) is 42.5 Å². The van der Waals surface area contributed by atoms with Gasteiger partial charge in [-0.25, -0.2) is 12.8 Å². The summed E-state index contributed by atoms with van der Waals surface area (Å²) in [6.07, 6.45) is 1.37. The lowest BCUT2D eigenvalue weighted by molar-refractivity contribution is -0.141. The number of carbonyl (C=O) groups excluding carboxylic acids is 2. The van der Waals surface area contributed by atoms with Crippen LogP contribution in [0.3, 0.4) is 0 Å². The van der Waals surface area contributed by atoms with E-state index in [1.807, 2.05) is 0 Å². The fourth-order valence-electron chi connectivity index (χ4n) is 3.70. The van der Waals surface area contributed by atoms with E-state index in [1.54, 1.807) is 32.0 Å². The van der Waals surface area contributed by atoms with Crippen molar-refractivity contribution in [2.45, 2.75) is 45.7 Å². The molecule has 2 amide bonds. The standard InChI is InChI=1S/C24H30Cl2FN3O4S/c1-4-21(24(32)28-5-2)29(16-17-18(25)10-8-11-19(17)26)23(31)14-9-15-30(35(3,33)34)22-13-7-6-12-20(22)27/h6-8,10-13,21H,4-5,9,14-16H2,1-3H3,(H,28,32). The van der Waals surface area contributed by atoms with E-state index in [0.717, 1.165) is 10.6 Å². The first-order valence-electron chi connectivity index (χ1n) is 11.2. The summed E-state index contributed by atoms with van der Waals surface area (Å²) >= 11 is 12.6. The van der Waals surface area contributed by atoms with Crippen molar-refractivity contribution in [1.82, 2.24) is 10.2 Å². The van der Waals surface area contributed by atoms with E-state index in [2.05, 4.69) is 5.32 Å². The molecule has 0 radical (unpaired) electrons. The summed E-state index contributed by atoms with van der Waals surface area (Å²) in [6, 6.07) is 9.75. The fourth-order valence-corrected chi connectivity index (χ4v) is 5.18. The van der Waals surface area contributed by atoms with Gasteiger partial charge in [0.05, 0.1) is 11.9 Å². The van der Waals surface area contributed by atoms with Crippen molar-refractivity contribution in [3.8, 4) is 0 Å². The van der Waals surface area contributed by atoms with Gasteiger partial charge < -0.3 is 10.2 Å². The number of hydrogen-bond acceptors (Lipinski definition) is 4. The number of likely N-dealkylation sites (N-methyl/N-ethyl adjacent to an activating group) is 1. The first-order valence-corrected chi connectivity index (χ1v) is 13.8. The van der Waals surface area contributed by atoms with E-state index >= 15 is 0 Å². The van der Waals surface area contributed by atoms with Crippen LogP contribution in [0, 0.1) is 5.82 Å².